The number of hydrogen-bond acceptors (Lipinski definition) is 5. The summed E-state index contributed by atoms with van der Waals surface area (Å²) in [6, 6.07) is 13.7. The first-order chi connectivity index (χ1) is 10.5. The van der Waals surface area contributed by atoms with Gasteiger partial charge in [-0.15, -0.1) is 23.5 Å². The number of phenols is 2. The molecule has 2 N–H and O–H groups in total. The minimum Gasteiger partial charge on any atom is -0.508 e. The number of phenolic OH excluding ortho intramolecular Hbond substituents is 2. The van der Waals surface area contributed by atoms with Crippen LogP contribution in [0.1, 0.15) is 13.8 Å². The van der Waals surface area contributed by atoms with E-state index >= 15 is 0 Å². The first-order valence-electron chi connectivity index (χ1n) is 6.91. The van der Waals surface area contributed by atoms with Crippen LogP contribution < -0.4 is 0 Å². The van der Waals surface area contributed by atoms with E-state index in [0.29, 0.717) is 0 Å². The van der Waals surface area contributed by atoms with Crippen molar-refractivity contribution in [3.63, 3.8) is 0 Å². The van der Waals surface area contributed by atoms with Crippen molar-refractivity contribution >= 4 is 29.3 Å². The van der Waals surface area contributed by atoms with Crippen LogP contribution in [-0.4, -0.2) is 26.5 Å². The summed E-state index contributed by atoms with van der Waals surface area (Å²) >= 11 is 2.98. The number of thioether (sulfide) groups is 2. The fourth-order valence-electron chi connectivity index (χ4n) is 1.90. The molecular formula is C17H18O3S2. The predicted molar refractivity (Wildman–Crippen MR) is 91.9 cm³/mol. The fourth-order valence-corrected chi connectivity index (χ4v) is 4.03. The molecular weight excluding hydrogens is 316 g/mol. The molecule has 0 fully saturated rings. The smallest absolute Gasteiger partial charge is 0.158 e. The van der Waals surface area contributed by atoms with Crippen molar-refractivity contribution in [2.24, 2.45) is 0 Å². The lowest BCUT2D eigenvalue weighted by molar-refractivity contribution is -0.117. The summed E-state index contributed by atoms with van der Waals surface area (Å²) in [6.07, 6.45) is 0. The van der Waals surface area contributed by atoms with Crippen LogP contribution in [0.25, 0.3) is 0 Å². The number of hydrogen-bond donors (Lipinski definition) is 2. The molecule has 0 aliphatic carbocycles. The number of aromatic hydroxyl groups is 2. The molecule has 0 amide bonds. The van der Waals surface area contributed by atoms with Crippen molar-refractivity contribution in [1.29, 1.82) is 0 Å². The molecule has 0 bridgehead atoms. The molecule has 0 aliphatic rings. The molecule has 2 aromatic carbocycles. The van der Waals surface area contributed by atoms with Gasteiger partial charge in [0.15, 0.2) is 5.78 Å². The van der Waals surface area contributed by atoms with Gasteiger partial charge in [-0.2, -0.15) is 0 Å². The highest BCUT2D eigenvalue weighted by atomic mass is 32.2. The van der Waals surface area contributed by atoms with Crippen molar-refractivity contribution in [2.75, 3.05) is 0 Å². The molecule has 2 atom stereocenters. The minimum atomic E-state index is -0.163. The van der Waals surface area contributed by atoms with Gasteiger partial charge in [0, 0.05) is 9.79 Å². The van der Waals surface area contributed by atoms with Gasteiger partial charge in [-0.1, -0.05) is 0 Å². The van der Waals surface area contributed by atoms with E-state index in [2.05, 4.69) is 0 Å². The van der Waals surface area contributed by atoms with Gasteiger partial charge < -0.3 is 10.2 Å². The first kappa shape index (κ1) is 16.8. The Kier molecular flexibility index (Phi) is 5.80. The quantitative estimate of drug-likeness (QED) is 0.770. The van der Waals surface area contributed by atoms with Crippen molar-refractivity contribution in [1.82, 2.24) is 0 Å². The van der Waals surface area contributed by atoms with E-state index in [1.165, 1.54) is 23.5 Å². The fraction of sp³-hybridized carbons (Fsp3) is 0.235. The maximum atomic E-state index is 12.4. The summed E-state index contributed by atoms with van der Waals surface area (Å²) in [6.45, 7) is 3.79. The zero-order chi connectivity index (χ0) is 16.1. The zero-order valence-corrected chi connectivity index (χ0v) is 14.0. The highest BCUT2D eigenvalue weighted by Crippen LogP contribution is 2.31. The molecule has 0 spiro atoms. The topological polar surface area (TPSA) is 57.5 Å². The zero-order valence-electron chi connectivity index (χ0n) is 12.4. The highest BCUT2D eigenvalue weighted by Gasteiger charge is 2.21. The van der Waals surface area contributed by atoms with E-state index in [4.69, 9.17) is 0 Å². The number of benzene rings is 2. The van der Waals surface area contributed by atoms with Crippen LogP contribution in [0, 0.1) is 0 Å². The van der Waals surface area contributed by atoms with Crippen LogP contribution >= 0.6 is 23.5 Å². The third-order valence-corrected chi connectivity index (χ3v) is 5.36. The third-order valence-electron chi connectivity index (χ3n) is 3.10. The Balaban J connectivity index is 1.94. The van der Waals surface area contributed by atoms with Crippen molar-refractivity contribution in [3.05, 3.63) is 48.5 Å². The molecule has 2 aromatic rings. The van der Waals surface area contributed by atoms with Gasteiger partial charge in [0.25, 0.3) is 0 Å². The monoisotopic (exact) mass is 334 g/mol. The first-order valence-corrected chi connectivity index (χ1v) is 8.67. The largest absolute Gasteiger partial charge is 0.508 e. The van der Waals surface area contributed by atoms with Crippen LogP contribution in [0.4, 0.5) is 0 Å². The van der Waals surface area contributed by atoms with Crippen LogP contribution in [0.5, 0.6) is 11.5 Å². The Morgan fingerprint density at radius 2 is 1.09 bits per heavy atom. The SMILES string of the molecule is CC(Sc1ccc(O)cc1)C(=O)C(C)Sc1ccc(O)cc1. The summed E-state index contributed by atoms with van der Waals surface area (Å²) in [5, 5.41) is 18.2. The third kappa shape index (κ3) is 4.71. The van der Waals surface area contributed by atoms with Gasteiger partial charge in [0.2, 0.25) is 0 Å². The number of carbonyl (C=O) groups is 1. The lowest BCUT2D eigenvalue weighted by Crippen LogP contribution is -2.23. The van der Waals surface area contributed by atoms with E-state index in [1.807, 2.05) is 38.1 Å². The lowest BCUT2D eigenvalue weighted by atomic mass is 10.2. The van der Waals surface area contributed by atoms with Crippen LogP contribution in [0.2, 0.25) is 0 Å². The van der Waals surface area contributed by atoms with E-state index in [1.54, 1.807) is 24.3 Å². The molecule has 0 radical (unpaired) electrons. The number of carbonyl (C=O) groups excluding carboxylic acids is 1. The van der Waals surface area contributed by atoms with Crippen molar-refractivity contribution in [2.45, 2.75) is 34.1 Å². The summed E-state index contributed by atoms with van der Waals surface area (Å²) in [7, 11) is 0. The van der Waals surface area contributed by atoms with Gasteiger partial charge in [0.05, 0.1) is 10.5 Å². The molecule has 0 aliphatic heterocycles. The average molecular weight is 334 g/mol. The maximum Gasteiger partial charge on any atom is 0.158 e. The van der Waals surface area contributed by atoms with E-state index < -0.39 is 0 Å². The number of ketones is 1. The minimum absolute atomic E-state index is 0.163. The summed E-state index contributed by atoms with van der Waals surface area (Å²) in [4.78, 5) is 14.4. The number of rotatable bonds is 6. The van der Waals surface area contributed by atoms with E-state index in [9.17, 15) is 15.0 Å². The van der Waals surface area contributed by atoms with Gasteiger partial charge in [-0.25, -0.2) is 0 Å². The van der Waals surface area contributed by atoms with E-state index in [0.717, 1.165) is 9.79 Å². The predicted octanol–water partition coefficient (Wildman–Crippen LogP) is 4.33. The second-order valence-electron chi connectivity index (χ2n) is 4.91. The Labute approximate surface area is 138 Å². The molecule has 0 aromatic heterocycles. The molecule has 116 valence electrons. The molecule has 0 saturated heterocycles. The second kappa shape index (κ2) is 7.61. The molecule has 0 heterocycles. The number of Topliss-reactive ketones (excluding diaryl/α,β-unsaturated/α-hetero) is 1. The summed E-state index contributed by atoms with van der Waals surface area (Å²) in [5.41, 5.74) is 0. The van der Waals surface area contributed by atoms with Crippen molar-refractivity contribution < 1.29 is 15.0 Å². The van der Waals surface area contributed by atoms with Gasteiger partial charge in [-0.3, -0.25) is 4.79 Å². The highest BCUT2D eigenvalue weighted by molar-refractivity contribution is 8.02. The van der Waals surface area contributed by atoms with Gasteiger partial charge >= 0.3 is 0 Å². The molecule has 2 unspecified atom stereocenters. The van der Waals surface area contributed by atoms with Crippen LogP contribution in [-0.2, 0) is 4.79 Å². The van der Waals surface area contributed by atoms with Gasteiger partial charge in [-0.05, 0) is 62.4 Å². The van der Waals surface area contributed by atoms with E-state index in [-0.39, 0.29) is 27.8 Å². The average Bonchev–Trinajstić information content (AvgIpc) is 2.51. The molecule has 5 heteroatoms. The van der Waals surface area contributed by atoms with Crippen LogP contribution in [0.15, 0.2) is 58.3 Å². The molecule has 0 saturated carbocycles. The summed E-state index contributed by atoms with van der Waals surface area (Å²) in [5.74, 6) is 0.607. The van der Waals surface area contributed by atoms with Crippen molar-refractivity contribution in [3.8, 4) is 11.5 Å². The lowest BCUT2D eigenvalue weighted by Gasteiger charge is -2.16. The Bertz CT molecular complexity index is 568. The second-order valence-corrected chi connectivity index (χ2v) is 7.74. The maximum absolute atomic E-state index is 12.4. The standard InChI is InChI=1S/C17H18O3S2/c1-11(21-15-7-3-13(18)4-8-15)17(20)12(2)22-16-9-5-14(19)6-10-16/h3-12,18-19H,1-2H3. The Morgan fingerprint density at radius 1 is 0.773 bits per heavy atom. The Hall–Kier alpha value is -1.59. The summed E-state index contributed by atoms with van der Waals surface area (Å²) < 4.78 is 0. The van der Waals surface area contributed by atoms with Crippen LogP contribution in [0.3, 0.4) is 0 Å². The van der Waals surface area contributed by atoms with Gasteiger partial charge in [0.1, 0.15) is 11.5 Å². The molecule has 3 nitrogen and oxygen atoms in total. The molecule has 22 heavy (non-hydrogen) atoms. The normalized spacial score (nSPS) is 13.5. The molecule has 2 rings (SSSR count). The Morgan fingerprint density at radius 3 is 1.41 bits per heavy atom.